The average Bonchev–Trinajstić information content (AvgIpc) is 2.38. The van der Waals surface area contributed by atoms with Crippen LogP contribution in [0.15, 0.2) is 36.7 Å². The lowest BCUT2D eigenvalue weighted by Gasteiger charge is -2.19. The van der Waals surface area contributed by atoms with Gasteiger partial charge in [-0.1, -0.05) is 32.9 Å². The Balaban J connectivity index is 2.18. The van der Waals surface area contributed by atoms with Gasteiger partial charge in [0.05, 0.1) is 0 Å². The van der Waals surface area contributed by atoms with Gasteiger partial charge in [-0.15, -0.1) is 0 Å². The van der Waals surface area contributed by atoms with E-state index in [1.807, 2.05) is 18.2 Å². The molecule has 0 aliphatic heterocycles. The van der Waals surface area contributed by atoms with Gasteiger partial charge in [-0.05, 0) is 23.1 Å². The number of nitrogens with zero attached hydrogens (tertiary/aromatic N) is 3. The van der Waals surface area contributed by atoms with E-state index in [0.29, 0.717) is 11.5 Å². The lowest BCUT2D eigenvalue weighted by atomic mass is 9.87. The fraction of sp³-hybridized carbons (Fsp3) is 0.267. The van der Waals surface area contributed by atoms with Crippen LogP contribution in [0.4, 0.5) is 11.5 Å². The molecule has 4 nitrogen and oxygen atoms in total. The van der Waals surface area contributed by atoms with Crippen LogP contribution in [-0.4, -0.2) is 9.97 Å². The Morgan fingerprint density at radius 2 is 1.79 bits per heavy atom. The van der Waals surface area contributed by atoms with Crippen LogP contribution >= 0.6 is 0 Å². The molecule has 0 saturated heterocycles. The van der Waals surface area contributed by atoms with Crippen LogP contribution in [0, 0.1) is 11.3 Å². The molecule has 0 aliphatic rings. The quantitative estimate of drug-likeness (QED) is 0.889. The predicted molar refractivity (Wildman–Crippen MR) is 75.2 cm³/mol. The topological polar surface area (TPSA) is 61.6 Å². The minimum atomic E-state index is 0.140. The molecule has 19 heavy (non-hydrogen) atoms. The predicted octanol–water partition coefficient (Wildman–Crippen LogP) is 3.39. The molecular weight excluding hydrogens is 236 g/mol. The van der Waals surface area contributed by atoms with Gasteiger partial charge in [0, 0.05) is 11.8 Å². The summed E-state index contributed by atoms with van der Waals surface area (Å²) >= 11 is 0. The highest BCUT2D eigenvalue weighted by Gasteiger charge is 2.12. The summed E-state index contributed by atoms with van der Waals surface area (Å²) in [7, 11) is 0. The van der Waals surface area contributed by atoms with Crippen molar-refractivity contribution in [1.82, 2.24) is 9.97 Å². The minimum absolute atomic E-state index is 0.140. The van der Waals surface area contributed by atoms with Gasteiger partial charge in [-0.25, -0.2) is 9.97 Å². The SMILES string of the molecule is CC(C)(C)c1ccc(Nc2cc(C#N)ncn2)cc1. The number of benzene rings is 1. The zero-order valence-electron chi connectivity index (χ0n) is 11.3. The van der Waals surface area contributed by atoms with Crippen molar-refractivity contribution in [3.05, 3.63) is 47.9 Å². The van der Waals surface area contributed by atoms with E-state index in [4.69, 9.17) is 5.26 Å². The van der Waals surface area contributed by atoms with E-state index in [-0.39, 0.29) is 5.41 Å². The van der Waals surface area contributed by atoms with Gasteiger partial charge in [0.2, 0.25) is 0 Å². The summed E-state index contributed by atoms with van der Waals surface area (Å²) in [6, 6.07) is 11.8. The van der Waals surface area contributed by atoms with Crippen LogP contribution in [0.5, 0.6) is 0 Å². The average molecular weight is 252 g/mol. The molecule has 0 bridgehead atoms. The molecule has 0 atom stereocenters. The van der Waals surface area contributed by atoms with E-state index in [0.717, 1.165) is 5.69 Å². The van der Waals surface area contributed by atoms with Crippen LogP contribution in [0.2, 0.25) is 0 Å². The standard InChI is InChI=1S/C15H16N4/c1-15(2,3)11-4-6-12(7-5-11)19-14-8-13(9-16)17-10-18-14/h4-8,10H,1-3H3,(H,17,18,19). The van der Waals surface area contributed by atoms with Gasteiger partial charge in [0.15, 0.2) is 0 Å². The molecule has 0 fully saturated rings. The van der Waals surface area contributed by atoms with E-state index in [1.165, 1.54) is 11.9 Å². The maximum atomic E-state index is 8.79. The molecular formula is C15H16N4. The first kappa shape index (κ1) is 13.0. The summed E-state index contributed by atoms with van der Waals surface area (Å²) in [5, 5.41) is 11.9. The van der Waals surface area contributed by atoms with Crippen LogP contribution in [-0.2, 0) is 5.41 Å². The Kier molecular flexibility index (Phi) is 3.48. The van der Waals surface area contributed by atoms with Crippen LogP contribution in [0.25, 0.3) is 0 Å². The van der Waals surface area contributed by atoms with Gasteiger partial charge in [0.1, 0.15) is 23.9 Å². The third kappa shape index (κ3) is 3.29. The van der Waals surface area contributed by atoms with Crippen molar-refractivity contribution < 1.29 is 0 Å². The largest absolute Gasteiger partial charge is 0.340 e. The second-order valence-electron chi connectivity index (χ2n) is 5.35. The first-order valence-electron chi connectivity index (χ1n) is 6.09. The number of hydrogen-bond acceptors (Lipinski definition) is 4. The highest BCUT2D eigenvalue weighted by atomic mass is 15.0. The lowest BCUT2D eigenvalue weighted by Crippen LogP contribution is -2.10. The smallest absolute Gasteiger partial charge is 0.145 e. The summed E-state index contributed by atoms with van der Waals surface area (Å²) in [6.45, 7) is 6.54. The first-order chi connectivity index (χ1) is 8.99. The molecule has 0 unspecified atom stereocenters. The Bertz CT molecular complexity index is 603. The van der Waals surface area contributed by atoms with Gasteiger partial charge in [-0.2, -0.15) is 5.26 Å². The van der Waals surface area contributed by atoms with Crippen molar-refractivity contribution in [2.75, 3.05) is 5.32 Å². The summed E-state index contributed by atoms with van der Waals surface area (Å²) in [5.41, 5.74) is 2.71. The van der Waals surface area contributed by atoms with Crippen LogP contribution in [0.3, 0.4) is 0 Å². The molecule has 4 heteroatoms. The number of aromatic nitrogens is 2. The maximum Gasteiger partial charge on any atom is 0.145 e. The van der Waals surface area contributed by atoms with Crippen molar-refractivity contribution in [3.63, 3.8) is 0 Å². The van der Waals surface area contributed by atoms with E-state index < -0.39 is 0 Å². The van der Waals surface area contributed by atoms with Crippen molar-refractivity contribution in [3.8, 4) is 6.07 Å². The summed E-state index contributed by atoms with van der Waals surface area (Å²) in [5.74, 6) is 0.620. The van der Waals surface area contributed by atoms with Gasteiger partial charge in [0.25, 0.3) is 0 Å². The Morgan fingerprint density at radius 3 is 2.37 bits per heavy atom. The van der Waals surface area contributed by atoms with Crippen molar-refractivity contribution in [1.29, 1.82) is 5.26 Å². The molecule has 2 rings (SSSR count). The molecule has 1 heterocycles. The number of nitriles is 1. The number of anilines is 2. The third-order valence-electron chi connectivity index (χ3n) is 2.80. The number of rotatable bonds is 2. The highest BCUT2D eigenvalue weighted by molar-refractivity contribution is 5.57. The van der Waals surface area contributed by atoms with Gasteiger partial charge >= 0.3 is 0 Å². The van der Waals surface area contributed by atoms with E-state index in [2.05, 4.69) is 48.2 Å². The maximum absolute atomic E-state index is 8.79. The van der Waals surface area contributed by atoms with E-state index in [1.54, 1.807) is 6.07 Å². The molecule has 96 valence electrons. The molecule has 0 aliphatic carbocycles. The van der Waals surface area contributed by atoms with Gasteiger partial charge in [-0.3, -0.25) is 0 Å². The molecule has 1 aromatic heterocycles. The number of hydrogen-bond donors (Lipinski definition) is 1. The molecule has 1 N–H and O–H groups in total. The lowest BCUT2D eigenvalue weighted by molar-refractivity contribution is 0.590. The molecule has 2 aromatic rings. The molecule has 1 aromatic carbocycles. The summed E-state index contributed by atoms with van der Waals surface area (Å²) in [6.07, 6.45) is 1.38. The van der Waals surface area contributed by atoms with Crippen LogP contribution in [0.1, 0.15) is 32.0 Å². The van der Waals surface area contributed by atoms with Crippen molar-refractivity contribution in [2.45, 2.75) is 26.2 Å². The molecule has 0 radical (unpaired) electrons. The molecule has 0 amide bonds. The van der Waals surface area contributed by atoms with Crippen molar-refractivity contribution >= 4 is 11.5 Å². The third-order valence-corrected chi connectivity index (χ3v) is 2.80. The van der Waals surface area contributed by atoms with Gasteiger partial charge < -0.3 is 5.32 Å². The highest BCUT2D eigenvalue weighted by Crippen LogP contribution is 2.24. The Hall–Kier alpha value is -2.41. The second kappa shape index (κ2) is 5.07. The van der Waals surface area contributed by atoms with E-state index >= 15 is 0 Å². The van der Waals surface area contributed by atoms with Crippen molar-refractivity contribution in [2.24, 2.45) is 0 Å². The normalized spacial score (nSPS) is 10.8. The monoisotopic (exact) mass is 252 g/mol. The second-order valence-corrected chi connectivity index (χ2v) is 5.35. The Labute approximate surface area is 113 Å². The molecule has 0 saturated carbocycles. The zero-order chi connectivity index (χ0) is 13.9. The number of nitrogens with one attached hydrogen (secondary N) is 1. The zero-order valence-corrected chi connectivity index (χ0v) is 11.3. The minimum Gasteiger partial charge on any atom is -0.340 e. The first-order valence-corrected chi connectivity index (χ1v) is 6.09. The van der Waals surface area contributed by atoms with Crippen LogP contribution < -0.4 is 5.32 Å². The summed E-state index contributed by atoms with van der Waals surface area (Å²) < 4.78 is 0. The van der Waals surface area contributed by atoms with E-state index in [9.17, 15) is 0 Å². The summed E-state index contributed by atoms with van der Waals surface area (Å²) in [4.78, 5) is 7.91. The Morgan fingerprint density at radius 1 is 1.11 bits per heavy atom. The molecule has 0 spiro atoms. The fourth-order valence-electron chi connectivity index (χ4n) is 1.69. The fourth-order valence-corrected chi connectivity index (χ4v) is 1.69.